The van der Waals surface area contributed by atoms with E-state index in [0.29, 0.717) is 17.8 Å². The molecular formula is C18H18N6O3. The number of nitrogens with one attached hydrogen (secondary N) is 2. The van der Waals surface area contributed by atoms with Crippen LogP contribution in [0.2, 0.25) is 0 Å². The molecule has 0 bridgehead atoms. The number of aromatic nitrogens is 4. The highest BCUT2D eigenvalue weighted by molar-refractivity contribution is 5.94. The molecule has 1 aromatic heterocycles. The molecule has 1 heterocycles. The van der Waals surface area contributed by atoms with Crippen molar-refractivity contribution in [2.45, 2.75) is 12.5 Å². The summed E-state index contributed by atoms with van der Waals surface area (Å²) in [5.41, 5.74) is 2.13. The molecule has 2 aromatic carbocycles. The number of benzene rings is 2. The molecule has 0 aliphatic carbocycles. The standard InChI is InChI=1S/C18H18N6O3/c1-27-18(26)21-15-9-7-14(8-10-15)20-17(25)16(24-12-19-22-23-24)11-13-5-3-2-4-6-13/h2-10,12,16H,11H2,1H3,(H,20,25)(H,21,26). The van der Waals surface area contributed by atoms with Gasteiger partial charge < -0.3 is 10.1 Å². The summed E-state index contributed by atoms with van der Waals surface area (Å²) in [4.78, 5) is 24.0. The van der Waals surface area contributed by atoms with Crippen LogP contribution in [0, 0.1) is 0 Å². The van der Waals surface area contributed by atoms with E-state index >= 15 is 0 Å². The monoisotopic (exact) mass is 366 g/mol. The molecule has 3 aromatic rings. The number of carbonyl (C=O) groups is 2. The van der Waals surface area contributed by atoms with Gasteiger partial charge in [0.2, 0.25) is 5.91 Å². The van der Waals surface area contributed by atoms with Crippen molar-refractivity contribution >= 4 is 23.4 Å². The lowest BCUT2D eigenvalue weighted by Gasteiger charge is -2.16. The van der Waals surface area contributed by atoms with Gasteiger partial charge in [-0.2, -0.15) is 0 Å². The van der Waals surface area contributed by atoms with E-state index in [9.17, 15) is 9.59 Å². The molecule has 0 spiro atoms. The van der Waals surface area contributed by atoms with Crippen molar-refractivity contribution in [2.75, 3.05) is 17.7 Å². The lowest BCUT2D eigenvalue weighted by molar-refractivity contribution is -0.119. The van der Waals surface area contributed by atoms with Gasteiger partial charge in [-0.15, -0.1) is 5.10 Å². The second kappa shape index (κ2) is 8.56. The van der Waals surface area contributed by atoms with Crippen LogP contribution < -0.4 is 10.6 Å². The van der Waals surface area contributed by atoms with Gasteiger partial charge in [0.1, 0.15) is 12.4 Å². The molecule has 138 valence electrons. The van der Waals surface area contributed by atoms with Crippen LogP contribution in [-0.4, -0.2) is 39.3 Å². The highest BCUT2D eigenvalue weighted by Gasteiger charge is 2.22. The first-order chi connectivity index (χ1) is 13.2. The molecule has 1 atom stereocenters. The number of amides is 2. The summed E-state index contributed by atoms with van der Waals surface area (Å²) in [7, 11) is 1.29. The van der Waals surface area contributed by atoms with E-state index in [2.05, 4.69) is 30.9 Å². The summed E-state index contributed by atoms with van der Waals surface area (Å²) < 4.78 is 5.96. The molecular weight excluding hydrogens is 348 g/mol. The van der Waals surface area contributed by atoms with Crippen LogP contribution in [0.3, 0.4) is 0 Å². The van der Waals surface area contributed by atoms with E-state index in [4.69, 9.17) is 0 Å². The van der Waals surface area contributed by atoms with Crippen LogP contribution in [-0.2, 0) is 16.0 Å². The number of hydrogen-bond acceptors (Lipinski definition) is 6. The third-order valence-electron chi connectivity index (χ3n) is 3.84. The van der Waals surface area contributed by atoms with Gasteiger partial charge in [0, 0.05) is 17.8 Å². The lowest BCUT2D eigenvalue weighted by atomic mass is 10.1. The highest BCUT2D eigenvalue weighted by Crippen LogP contribution is 2.18. The minimum Gasteiger partial charge on any atom is -0.453 e. The van der Waals surface area contributed by atoms with E-state index in [1.807, 2.05) is 30.3 Å². The summed E-state index contributed by atoms with van der Waals surface area (Å²) in [6.45, 7) is 0. The maximum atomic E-state index is 12.8. The first-order valence-corrected chi connectivity index (χ1v) is 8.18. The number of rotatable bonds is 6. The minimum absolute atomic E-state index is 0.250. The predicted molar refractivity (Wildman–Crippen MR) is 98.1 cm³/mol. The normalized spacial score (nSPS) is 11.4. The zero-order valence-corrected chi connectivity index (χ0v) is 14.6. The maximum Gasteiger partial charge on any atom is 0.411 e. The molecule has 0 saturated heterocycles. The Morgan fingerprint density at radius 3 is 2.30 bits per heavy atom. The van der Waals surface area contributed by atoms with Gasteiger partial charge in [-0.1, -0.05) is 30.3 Å². The van der Waals surface area contributed by atoms with Gasteiger partial charge in [-0.3, -0.25) is 10.1 Å². The van der Waals surface area contributed by atoms with Crippen LogP contribution >= 0.6 is 0 Å². The topological polar surface area (TPSA) is 111 Å². The highest BCUT2D eigenvalue weighted by atomic mass is 16.5. The Hall–Kier alpha value is -3.75. The third-order valence-corrected chi connectivity index (χ3v) is 3.84. The number of tetrazole rings is 1. The van der Waals surface area contributed by atoms with Crippen LogP contribution in [0.1, 0.15) is 11.6 Å². The van der Waals surface area contributed by atoms with Crippen LogP contribution in [0.25, 0.3) is 0 Å². The average Bonchev–Trinajstić information content (AvgIpc) is 3.22. The molecule has 27 heavy (non-hydrogen) atoms. The van der Waals surface area contributed by atoms with Gasteiger partial charge in [0.15, 0.2) is 0 Å². The van der Waals surface area contributed by atoms with Crippen molar-refractivity contribution in [3.05, 3.63) is 66.5 Å². The van der Waals surface area contributed by atoms with Crippen molar-refractivity contribution in [2.24, 2.45) is 0 Å². The van der Waals surface area contributed by atoms with E-state index < -0.39 is 12.1 Å². The molecule has 0 radical (unpaired) electrons. The molecule has 9 heteroatoms. The Morgan fingerprint density at radius 2 is 1.70 bits per heavy atom. The van der Waals surface area contributed by atoms with E-state index in [1.165, 1.54) is 18.1 Å². The second-order valence-corrected chi connectivity index (χ2v) is 5.68. The Labute approximate surface area is 155 Å². The summed E-state index contributed by atoms with van der Waals surface area (Å²) >= 11 is 0. The number of methoxy groups -OCH3 is 1. The molecule has 3 rings (SSSR count). The quantitative estimate of drug-likeness (QED) is 0.692. The van der Waals surface area contributed by atoms with Crippen LogP contribution in [0.15, 0.2) is 60.9 Å². The Bertz CT molecular complexity index is 881. The first-order valence-electron chi connectivity index (χ1n) is 8.18. The Kier molecular flexibility index (Phi) is 5.73. The summed E-state index contributed by atoms with van der Waals surface area (Å²) in [5, 5.41) is 16.5. The number of nitrogens with zero attached hydrogens (tertiary/aromatic N) is 4. The molecule has 0 fully saturated rings. The SMILES string of the molecule is COC(=O)Nc1ccc(NC(=O)C(Cc2ccccc2)n2cnnn2)cc1. The van der Waals surface area contributed by atoms with Crippen molar-refractivity contribution in [1.29, 1.82) is 0 Å². The fraction of sp³-hybridized carbons (Fsp3) is 0.167. The Morgan fingerprint density at radius 1 is 1.04 bits per heavy atom. The molecule has 0 aliphatic heterocycles. The number of hydrogen-bond donors (Lipinski definition) is 2. The smallest absolute Gasteiger partial charge is 0.411 e. The summed E-state index contributed by atoms with van der Waals surface area (Å²) in [6.07, 6.45) is 1.30. The molecule has 2 N–H and O–H groups in total. The van der Waals surface area contributed by atoms with Crippen LogP contribution in [0.4, 0.5) is 16.2 Å². The number of ether oxygens (including phenoxy) is 1. The average molecular weight is 366 g/mol. The fourth-order valence-electron chi connectivity index (χ4n) is 2.49. The molecule has 0 aliphatic rings. The largest absolute Gasteiger partial charge is 0.453 e. The van der Waals surface area contributed by atoms with E-state index in [1.54, 1.807) is 24.3 Å². The third kappa shape index (κ3) is 4.88. The fourth-order valence-corrected chi connectivity index (χ4v) is 2.49. The van der Waals surface area contributed by atoms with Gasteiger partial charge in [-0.05, 0) is 40.3 Å². The van der Waals surface area contributed by atoms with Crippen molar-refractivity contribution in [1.82, 2.24) is 20.2 Å². The van der Waals surface area contributed by atoms with Gasteiger partial charge >= 0.3 is 6.09 Å². The predicted octanol–water partition coefficient (Wildman–Crippen LogP) is 2.27. The Balaban J connectivity index is 1.72. The van der Waals surface area contributed by atoms with Gasteiger partial charge in [0.25, 0.3) is 0 Å². The minimum atomic E-state index is -0.602. The zero-order chi connectivity index (χ0) is 19.1. The van der Waals surface area contributed by atoms with Gasteiger partial charge in [-0.25, -0.2) is 9.48 Å². The zero-order valence-electron chi connectivity index (χ0n) is 14.6. The summed E-state index contributed by atoms with van der Waals surface area (Å²) in [6, 6.07) is 15.7. The van der Waals surface area contributed by atoms with E-state index in [0.717, 1.165) is 5.56 Å². The number of carbonyl (C=O) groups excluding carboxylic acids is 2. The van der Waals surface area contributed by atoms with Gasteiger partial charge in [0.05, 0.1) is 7.11 Å². The van der Waals surface area contributed by atoms with Crippen molar-refractivity contribution < 1.29 is 14.3 Å². The lowest BCUT2D eigenvalue weighted by Crippen LogP contribution is -2.28. The van der Waals surface area contributed by atoms with Crippen molar-refractivity contribution in [3.63, 3.8) is 0 Å². The van der Waals surface area contributed by atoms with Crippen LogP contribution in [0.5, 0.6) is 0 Å². The second-order valence-electron chi connectivity index (χ2n) is 5.68. The number of anilines is 2. The maximum absolute atomic E-state index is 12.8. The first kappa shape index (κ1) is 18.1. The molecule has 1 unspecified atom stereocenters. The van der Waals surface area contributed by atoms with Crippen molar-refractivity contribution in [3.8, 4) is 0 Å². The molecule has 0 saturated carbocycles. The van der Waals surface area contributed by atoms with E-state index in [-0.39, 0.29) is 5.91 Å². The summed E-state index contributed by atoms with van der Waals surface area (Å²) in [5.74, 6) is -0.250. The molecule has 2 amide bonds. The molecule has 9 nitrogen and oxygen atoms in total.